The molecule has 25 heavy (non-hydrogen) atoms. The van der Waals surface area contributed by atoms with Crippen molar-refractivity contribution in [2.75, 3.05) is 19.4 Å². The maximum atomic E-state index is 12.4. The summed E-state index contributed by atoms with van der Waals surface area (Å²) in [5.41, 5.74) is 1.02. The van der Waals surface area contributed by atoms with E-state index in [1.54, 1.807) is 10.8 Å². The zero-order valence-electron chi connectivity index (χ0n) is 15.2. The lowest BCUT2D eigenvalue weighted by molar-refractivity contribution is 0.221. The first-order chi connectivity index (χ1) is 11.9. The molecule has 2 heterocycles. The summed E-state index contributed by atoms with van der Waals surface area (Å²) in [5.74, 6) is 0.568. The van der Waals surface area contributed by atoms with Gasteiger partial charge in [0.25, 0.3) is 5.56 Å². The van der Waals surface area contributed by atoms with Crippen LogP contribution in [0.5, 0.6) is 0 Å². The Kier molecular flexibility index (Phi) is 5.38. The molecule has 1 saturated carbocycles. The van der Waals surface area contributed by atoms with E-state index in [1.807, 2.05) is 13.8 Å². The lowest BCUT2D eigenvalue weighted by Gasteiger charge is -2.32. The first-order valence-corrected chi connectivity index (χ1v) is 9.54. The van der Waals surface area contributed by atoms with Crippen molar-refractivity contribution < 1.29 is 0 Å². The van der Waals surface area contributed by atoms with Gasteiger partial charge in [-0.25, -0.2) is 9.97 Å². The Morgan fingerprint density at radius 3 is 2.52 bits per heavy atom. The number of anilines is 1. The molecule has 0 saturated heterocycles. The Morgan fingerprint density at radius 2 is 1.92 bits per heavy atom. The Bertz CT molecular complexity index is 811. The second-order valence-electron chi connectivity index (χ2n) is 7.19. The van der Waals surface area contributed by atoms with E-state index >= 15 is 0 Å². The first kappa shape index (κ1) is 18.3. The molecule has 0 aliphatic heterocycles. The van der Waals surface area contributed by atoms with Crippen molar-refractivity contribution in [2.45, 2.75) is 57.7 Å². The smallest absolute Gasteiger partial charge is 0.285 e. The van der Waals surface area contributed by atoms with E-state index in [0.29, 0.717) is 33.8 Å². The summed E-state index contributed by atoms with van der Waals surface area (Å²) < 4.78 is 1.95. The average Bonchev–Trinajstić information content (AvgIpc) is 2.56. The quantitative estimate of drug-likeness (QED) is 0.837. The fraction of sp³-hybridized carbons (Fsp3) is 0.647. The number of aromatic nitrogens is 4. The number of hydrogen-bond donors (Lipinski definition) is 1. The third-order valence-corrected chi connectivity index (χ3v) is 5.39. The van der Waals surface area contributed by atoms with Crippen LogP contribution in [-0.2, 0) is 0 Å². The maximum Gasteiger partial charge on any atom is 0.285 e. The van der Waals surface area contributed by atoms with Crippen LogP contribution in [0.4, 0.5) is 5.95 Å². The Morgan fingerprint density at radius 1 is 1.24 bits per heavy atom. The first-order valence-electron chi connectivity index (χ1n) is 8.74. The van der Waals surface area contributed by atoms with E-state index in [0.717, 1.165) is 12.8 Å². The normalized spacial score (nSPS) is 21.2. The molecule has 8 heteroatoms. The molecule has 0 atom stereocenters. The van der Waals surface area contributed by atoms with Crippen LogP contribution in [0.15, 0.2) is 15.6 Å². The molecular formula is C17H25BrN6O. The monoisotopic (exact) mass is 408 g/mol. The van der Waals surface area contributed by atoms with Gasteiger partial charge in [0.15, 0.2) is 10.3 Å². The van der Waals surface area contributed by atoms with Crippen molar-refractivity contribution in [3.8, 4) is 0 Å². The van der Waals surface area contributed by atoms with Gasteiger partial charge in [-0.1, -0.05) is 0 Å². The second-order valence-corrected chi connectivity index (χ2v) is 7.94. The van der Waals surface area contributed by atoms with Crippen LogP contribution < -0.4 is 10.9 Å². The number of nitrogens with zero attached hydrogens (tertiary/aromatic N) is 5. The predicted octanol–water partition coefficient (Wildman–Crippen LogP) is 2.81. The van der Waals surface area contributed by atoms with Crippen LogP contribution in [-0.4, -0.2) is 50.6 Å². The summed E-state index contributed by atoms with van der Waals surface area (Å²) in [7, 11) is 4.28. The zero-order chi connectivity index (χ0) is 18.1. The molecule has 0 amide bonds. The highest BCUT2D eigenvalue weighted by Gasteiger charge is 2.23. The summed E-state index contributed by atoms with van der Waals surface area (Å²) in [4.78, 5) is 27.9. The average molecular weight is 409 g/mol. The molecule has 0 spiro atoms. The third-order valence-electron chi connectivity index (χ3n) is 4.87. The highest BCUT2D eigenvalue weighted by Crippen LogP contribution is 2.24. The van der Waals surface area contributed by atoms with E-state index in [9.17, 15) is 4.79 Å². The fourth-order valence-corrected chi connectivity index (χ4v) is 3.82. The van der Waals surface area contributed by atoms with Crippen LogP contribution in [0, 0.1) is 0 Å². The minimum absolute atomic E-state index is 0.00687. The molecule has 0 unspecified atom stereocenters. The molecule has 2 aromatic rings. The fourth-order valence-electron chi connectivity index (χ4n) is 3.44. The molecule has 136 valence electrons. The van der Waals surface area contributed by atoms with Gasteiger partial charge in [-0.15, -0.1) is 0 Å². The largest absolute Gasteiger partial charge is 0.351 e. The van der Waals surface area contributed by atoms with Crippen LogP contribution in [0.1, 0.15) is 45.6 Å². The molecule has 1 N–H and O–H groups in total. The highest BCUT2D eigenvalue weighted by atomic mass is 79.9. The number of hydrogen-bond acceptors (Lipinski definition) is 6. The van der Waals surface area contributed by atoms with Crippen LogP contribution >= 0.6 is 15.9 Å². The molecule has 0 aromatic carbocycles. The SMILES string of the molecule is CC(C)n1c(=O)c(Br)nc2cnc(NC3CCC(N(C)C)CC3)nc21. The van der Waals surface area contributed by atoms with Gasteiger partial charge in [0, 0.05) is 18.1 Å². The van der Waals surface area contributed by atoms with Crippen LogP contribution in [0.25, 0.3) is 11.2 Å². The van der Waals surface area contributed by atoms with Gasteiger partial charge < -0.3 is 10.2 Å². The summed E-state index contributed by atoms with van der Waals surface area (Å²) in [6.45, 7) is 3.93. The molecule has 1 fully saturated rings. The Labute approximate surface area is 156 Å². The van der Waals surface area contributed by atoms with Gasteiger partial charge in [0.1, 0.15) is 5.52 Å². The van der Waals surface area contributed by atoms with Crippen LogP contribution in [0.3, 0.4) is 0 Å². The Balaban J connectivity index is 1.85. The van der Waals surface area contributed by atoms with Crippen molar-refractivity contribution in [1.82, 2.24) is 24.4 Å². The van der Waals surface area contributed by atoms with Gasteiger partial charge in [-0.3, -0.25) is 9.36 Å². The maximum absolute atomic E-state index is 12.4. The minimum atomic E-state index is -0.168. The van der Waals surface area contributed by atoms with Gasteiger partial charge in [0.2, 0.25) is 5.95 Å². The molecule has 0 bridgehead atoms. The molecule has 3 rings (SSSR count). The third kappa shape index (κ3) is 3.84. The van der Waals surface area contributed by atoms with Gasteiger partial charge >= 0.3 is 0 Å². The van der Waals surface area contributed by atoms with Gasteiger partial charge in [-0.05, 0) is 69.6 Å². The summed E-state index contributed by atoms with van der Waals surface area (Å²) in [6.07, 6.45) is 6.21. The van der Waals surface area contributed by atoms with E-state index in [-0.39, 0.29) is 11.6 Å². The highest BCUT2D eigenvalue weighted by molar-refractivity contribution is 9.10. The van der Waals surface area contributed by atoms with Gasteiger partial charge in [-0.2, -0.15) is 4.98 Å². The molecule has 1 aliphatic carbocycles. The predicted molar refractivity (Wildman–Crippen MR) is 103 cm³/mol. The number of fused-ring (bicyclic) bond motifs is 1. The topological polar surface area (TPSA) is 75.9 Å². The summed E-state index contributed by atoms with van der Waals surface area (Å²) in [6, 6.07) is 1.02. The van der Waals surface area contributed by atoms with Crippen molar-refractivity contribution >= 4 is 33.0 Å². The van der Waals surface area contributed by atoms with Crippen LogP contribution in [0.2, 0.25) is 0 Å². The standard InChI is InChI=1S/C17H25BrN6O/c1-10(2)24-15-13(21-14(18)16(24)25)9-19-17(22-15)20-11-5-7-12(8-6-11)23(3)4/h9-12H,5-8H2,1-4H3,(H,19,20,22). The lowest BCUT2D eigenvalue weighted by Crippen LogP contribution is -2.36. The molecular weight excluding hydrogens is 384 g/mol. The molecule has 1 aliphatic rings. The number of halogens is 1. The van der Waals surface area contributed by atoms with Gasteiger partial charge in [0.05, 0.1) is 6.20 Å². The molecule has 2 aromatic heterocycles. The Hall–Kier alpha value is -1.54. The van der Waals surface area contributed by atoms with E-state index < -0.39 is 0 Å². The summed E-state index contributed by atoms with van der Waals surface area (Å²) >= 11 is 3.23. The van der Waals surface area contributed by atoms with Crippen molar-refractivity contribution in [1.29, 1.82) is 0 Å². The van der Waals surface area contributed by atoms with E-state index in [4.69, 9.17) is 0 Å². The minimum Gasteiger partial charge on any atom is -0.351 e. The van der Waals surface area contributed by atoms with E-state index in [1.165, 1.54) is 12.8 Å². The van der Waals surface area contributed by atoms with Crippen molar-refractivity contribution in [3.05, 3.63) is 21.2 Å². The lowest BCUT2D eigenvalue weighted by atomic mass is 9.91. The number of nitrogens with one attached hydrogen (secondary N) is 1. The second kappa shape index (κ2) is 7.37. The molecule has 7 nitrogen and oxygen atoms in total. The van der Waals surface area contributed by atoms with Crippen molar-refractivity contribution in [3.63, 3.8) is 0 Å². The van der Waals surface area contributed by atoms with Crippen molar-refractivity contribution in [2.24, 2.45) is 0 Å². The molecule has 0 radical (unpaired) electrons. The zero-order valence-corrected chi connectivity index (χ0v) is 16.7. The summed E-state index contributed by atoms with van der Waals surface area (Å²) in [5, 5.41) is 3.44. The number of rotatable bonds is 4. The van der Waals surface area contributed by atoms with E-state index in [2.05, 4.69) is 55.2 Å².